The Morgan fingerprint density at radius 3 is 2.75 bits per heavy atom. The van der Waals surface area contributed by atoms with Gasteiger partial charge in [0.25, 0.3) is 0 Å². The molecule has 0 saturated heterocycles. The normalized spacial score (nSPS) is 12.5. The number of hydrogen-bond acceptors (Lipinski definition) is 3. The van der Waals surface area contributed by atoms with Gasteiger partial charge in [0.05, 0.1) is 18.5 Å². The molecule has 12 heavy (non-hydrogen) atoms. The number of aryl methyl sites for hydroxylation is 2. The van der Waals surface area contributed by atoms with Crippen LogP contribution in [0.25, 0.3) is 0 Å². The van der Waals surface area contributed by atoms with E-state index in [4.69, 9.17) is 15.4 Å². The average Bonchev–Trinajstić information content (AvgIpc) is 2.33. The van der Waals surface area contributed by atoms with Crippen LogP contribution in [0.3, 0.4) is 0 Å². The predicted octanol–water partition coefficient (Wildman–Crippen LogP) is 1.81. The first-order chi connectivity index (χ1) is 5.65. The molecule has 0 spiro atoms. The maximum atomic E-state index is 8.40. The molecule has 0 aliphatic rings. The Labute approximate surface area is 71.8 Å². The zero-order valence-electron chi connectivity index (χ0n) is 7.29. The molecule has 0 radical (unpaired) electrons. The lowest BCUT2D eigenvalue weighted by atomic mass is 10.1. The smallest absolute Gasteiger partial charge is 0.122 e. The van der Waals surface area contributed by atoms with Gasteiger partial charge < -0.3 is 10.2 Å². The van der Waals surface area contributed by atoms with Crippen molar-refractivity contribution in [2.24, 2.45) is 5.73 Å². The first-order valence-electron chi connectivity index (χ1n) is 3.84. The quantitative estimate of drug-likeness (QED) is 0.725. The van der Waals surface area contributed by atoms with Crippen molar-refractivity contribution < 1.29 is 4.42 Å². The molecular weight excluding hydrogens is 152 g/mol. The minimum Gasteiger partial charge on any atom is -0.464 e. The zero-order valence-corrected chi connectivity index (χ0v) is 7.29. The van der Waals surface area contributed by atoms with Crippen molar-refractivity contribution in [1.29, 1.82) is 5.26 Å². The molecule has 1 rings (SSSR count). The number of hydrogen-bond donors (Lipinski definition) is 1. The van der Waals surface area contributed by atoms with Gasteiger partial charge in [-0.1, -0.05) is 0 Å². The summed E-state index contributed by atoms with van der Waals surface area (Å²) in [6.45, 7) is 3.85. The van der Waals surface area contributed by atoms with Crippen LogP contribution in [0.4, 0.5) is 0 Å². The Kier molecular flexibility index (Phi) is 2.51. The topological polar surface area (TPSA) is 63.0 Å². The lowest BCUT2D eigenvalue weighted by molar-refractivity contribution is 0.447. The van der Waals surface area contributed by atoms with E-state index < -0.39 is 0 Å². The molecule has 0 saturated carbocycles. The molecule has 0 fully saturated rings. The fourth-order valence-electron chi connectivity index (χ4n) is 0.983. The van der Waals surface area contributed by atoms with E-state index in [2.05, 4.69) is 0 Å². The molecule has 64 valence electrons. The largest absolute Gasteiger partial charge is 0.464 e. The second-order valence-corrected chi connectivity index (χ2v) is 2.86. The Hall–Kier alpha value is -1.27. The second kappa shape index (κ2) is 3.42. The molecule has 0 bridgehead atoms. The fourth-order valence-corrected chi connectivity index (χ4v) is 0.983. The zero-order chi connectivity index (χ0) is 9.14. The van der Waals surface area contributed by atoms with Crippen LogP contribution >= 0.6 is 0 Å². The minimum absolute atomic E-state index is 0.289. The van der Waals surface area contributed by atoms with Gasteiger partial charge in [-0.25, -0.2) is 0 Å². The van der Waals surface area contributed by atoms with Crippen LogP contribution in [0, 0.1) is 25.2 Å². The molecular formula is C9H12N2O. The highest BCUT2D eigenvalue weighted by molar-refractivity contribution is 5.21. The van der Waals surface area contributed by atoms with E-state index in [0.29, 0.717) is 12.2 Å². The van der Waals surface area contributed by atoms with E-state index in [0.717, 1.165) is 11.3 Å². The molecule has 0 amide bonds. The van der Waals surface area contributed by atoms with Crippen LogP contribution < -0.4 is 5.73 Å². The van der Waals surface area contributed by atoms with E-state index >= 15 is 0 Å². The number of nitrogens with zero attached hydrogens (tertiary/aromatic N) is 1. The van der Waals surface area contributed by atoms with Crippen molar-refractivity contribution in [2.75, 3.05) is 0 Å². The summed E-state index contributed by atoms with van der Waals surface area (Å²) < 4.78 is 5.35. The van der Waals surface area contributed by atoms with Gasteiger partial charge in [0.1, 0.15) is 11.5 Å². The highest BCUT2D eigenvalue weighted by atomic mass is 16.3. The SMILES string of the molecule is Cc1cc([C@@H](N)CC#N)oc1C. The van der Waals surface area contributed by atoms with Gasteiger partial charge in [-0.3, -0.25) is 0 Å². The molecule has 1 heterocycles. The first-order valence-corrected chi connectivity index (χ1v) is 3.84. The summed E-state index contributed by atoms with van der Waals surface area (Å²) in [7, 11) is 0. The fraction of sp³-hybridized carbons (Fsp3) is 0.444. The molecule has 1 atom stereocenters. The summed E-state index contributed by atoms with van der Waals surface area (Å²) in [5, 5.41) is 8.40. The van der Waals surface area contributed by atoms with E-state index in [-0.39, 0.29) is 6.04 Å². The third kappa shape index (κ3) is 1.66. The lowest BCUT2D eigenvalue weighted by Crippen LogP contribution is -2.07. The third-order valence-electron chi connectivity index (χ3n) is 1.86. The predicted molar refractivity (Wildman–Crippen MR) is 45.3 cm³/mol. The maximum absolute atomic E-state index is 8.40. The van der Waals surface area contributed by atoms with Crippen molar-refractivity contribution in [1.82, 2.24) is 0 Å². The van der Waals surface area contributed by atoms with Crippen molar-refractivity contribution in [3.05, 3.63) is 23.2 Å². The van der Waals surface area contributed by atoms with E-state index in [1.807, 2.05) is 26.0 Å². The van der Waals surface area contributed by atoms with Crippen molar-refractivity contribution in [2.45, 2.75) is 26.3 Å². The highest BCUT2D eigenvalue weighted by Crippen LogP contribution is 2.19. The van der Waals surface area contributed by atoms with Gasteiger partial charge >= 0.3 is 0 Å². The van der Waals surface area contributed by atoms with Crippen LogP contribution in [0.2, 0.25) is 0 Å². The summed E-state index contributed by atoms with van der Waals surface area (Å²) in [6.07, 6.45) is 0.298. The van der Waals surface area contributed by atoms with Crippen LogP contribution in [-0.4, -0.2) is 0 Å². The van der Waals surface area contributed by atoms with Gasteiger partial charge in [-0.15, -0.1) is 0 Å². The standard InChI is InChI=1S/C9H12N2O/c1-6-5-9(12-7(6)2)8(11)3-4-10/h5,8H,3,11H2,1-2H3/t8-/m0/s1. The maximum Gasteiger partial charge on any atom is 0.122 e. The Morgan fingerprint density at radius 2 is 2.33 bits per heavy atom. The molecule has 0 aliphatic heterocycles. The summed E-state index contributed by atoms with van der Waals surface area (Å²) in [4.78, 5) is 0. The van der Waals surface area contributed by atoms with Gasteiger partial charge in [-0.05, 0) is 25.5 Å². The number of nitrogens with two attached hydrogens (primary N) is 1. The number of furan rings is 1. The van der Waals surface area contributed by atoms with Crippen molar-refractivity contribution >= 4 is 0 Å². The van der Waals surface area contributed by atoms with Crippen molar-refractivity contribution in [3.63, 3.8) is 0 Å². The monoisotopic (exact) mass is 164 g/mol. The molecule has 0 unspecified atom stereocenters. The van der Waals surface area contributed by atoms with E-state index in [1.54, 1.807) is 0 Å². The lowest BCUT2D eigenvalue weighted by Gasteiger charge is -2.00. The molecule has 2 N–H and O–H groups in total. The minimum atomic E-state index is -0.289. The number of nitriles is 1. The van der Waals surface area contributed by atoms with Crippen LogP contribution in [0.5, 0.6) is 0 Å². The van der Waals surface area contributed by atoms with E-state index in [1.165, 1.54) is 0 Å². The summed E-state index contributed by atoms with van der Waals surface area (Å²) >= 11 is 0. The van der Waals surface area contributed by atoms with Crippen LogP contribution in [-0.2, 0) is 0 Å². The molecule has 1 aromatic rings. The average molecular weight is 164 g/mol. The summed E-state index contributed by atoms with van der Waals surface area (Å²) in [6, 6.07) is 3.61. The Morgan fingerprint density at radius 1 is 1.67 bits per heavy atom. The first kappa shape index (κ1) is 8.82. The van der Waals surface area contributed by atoms with Crippen molar-refractivity contribution in [3.8, 4) is 6.07 Å². The van der Waals surface area contributed by atoms with Gasteiger partial charge in [0, 0.05) is 0 Å². The Bertz CT molecular complexity index is 289. The summed E-state index contributed by atoms with van der Waals surface area (Å²) in [5.74, 6) is 1.57. The van der Waals surface area contributed by atoms with Crippen LogP contribution in [0.1, 0.15) is 29.5 Å². The molecule has 3 nitrogen and oxygen atoms in total. The molecule has 0 aromatic carbocycles. The van der Waals surface area contributed by atoms with Gasteiger partial charge in [0.15, 0.2) is 0 Å². The summed E-state index contributed by atoms with van der Waals surface area (Å²) in [5.41, 5.74) is 6.75. The molecule has 1 aromatic heterocycles. The van der Waals surface area contributed by atoms with Gasteiger partial charge in [0.2, 0.25) is 0 Å². The van der Waals surface area contributed by atoms with Crippen LogP contribution in [0.15, 0.2) is 10.5 Å². The highest BCUT2D eigenvalue weighted by Gasteiger charge is 2.11. The molecule has 0 aliphatic carbocycles. The number of rotatable bonds is 2. The second-order valence-electron chi connectivity index (χ2n) is 2.86. The van der Waals surface area contributed by atoms with Gasteiger partial charge in [-0.2, -0.15) is 5.26 Å². The molecule has 3 heteroatoms. The third-order valence-corrected chi connectivity index (χ3v) is 1.86. The Balaban J connectivity index is 2.83. The van der Waals surface area contributed by atoms with E-state index in [9.17, 15) is 0 Å².